The molecule has 0 saturated heterocycles. The number of nitrogens with zero attached hydrogens (tertiary/aromatic N) is 4. The normalized spacial score (nSPS) is 12.1. The number of aryl methyl sites for hydroxylation is 1. The molecule has 0 atom stereocenters. The monoisotopic (exact) mass is 429 g/mol. The Hall–Kier alpha value is -2.73. The number of alkyl halides is 3. The van der Waals surface area contributed by atoms with Crippen LogP contribution in [0.4, 0.5) is 13.2 Å². The predicted octanol–water partition coefficient (Wildman–Crippen LogP) is 2.20. The van der Waals surface area contributed by atoms with E-state index in [2.05, 4.69) is 20.5 Å². The summed E-state index contributed by atoms with van der Waals surface area (Å²) in [6, 6.07) is 0.945. The zero-order valence-electron chi connectivity index (χ0n) is 15.7. The van der Waals surface area contributed by atoms with Gasteiger partial charge in [-0.15, -0.1) is 10.2 Å². The van der Waals surface area contributed by atoms with Gasteiger partial charge in [-0.2, -0.15) is 13.2 Å². The van der Waals surface area contributed by atoms with E-state index < -0.39 is 17.6 Å². The molecular weight excluding hydrogens is 407 g/mol. The molecule has 1 amide bonds. The number of amides is 1. The third kappa shape index (κ3) is 7.66. The minimum Gasteiger partial charge on any atom is -0.401 e. The van der Waals surface area contributed by atoms with Gasteiger partial charge in [0.15, 0.2) is 0 Å². The van der Waals surface area contributed by atoms with E-state index in [1.165, 1.54) is 11.2 Å². The first-order valence-corrected chi connectivity index (χ1v) is 9.53. The first kappa shape index (κ1) is 22.6. The maximum absolute atomic E-state index is 12.7. The first-order chi connectivity index (χ1) is 13.6. The van der Waals surface area contributed by atoms with Gasteiger partial charge in [-0.25, -0.2) is 5.84 Å². The quantitative estimate of drug-likeness (QED) is 0.317. The van der Waals surface area contributed by atoms with E-state index in [9.17, 15) is 18.0 Å². The van der Waals surface area contributed by atoms with Crippen molar-refractivity contribution in [3.63, 3.8) is 0 Å². The van der Waals surface area contributed by atoms with E-state index in [0.29, 0.717) is 23.7 Å². The van der Waals surface area contributed by atoms with Gasteiger partial charge in [-0.05, 0) is 31.4 Å². The summed E-state index contributed by atoms with van der Waals surface area (Å²) in [4.78, 5) is 15.7. The number of rotatable bonds is 9. The lowest BCUT2D eigenvalue weighted by molar-refractivity contribution is -0.137. The summed E-state index contributed by atoms with van der Waals surface area (Å²) in [6.07, 6.45) is 1.42. The van der Waals surface area contributed by atoms with Crippen molar-refractivity contribution in [2.24, 2.45) is 11.6 Å². The molecule has 0 radical (unpaired) electrons. The topological polar surface area (TPSA) is 123 Å². The van der Waals surface area contributed by atoms with Crippen molar-refractivity contribution in [3.05, 3.63) is 51.5 Å². The molecule has 0 aliphatic carbocycles. The van der Waals surface area contributed by atoms with Crippen molar-refractivity contribution >= 4 is 17.2 Å². The molecular formula is C17H22F3N7OS. The summed E-state index contributed by atoms with van der Waals surface area (Å²) in [6.45, 7) is 2.29. The van der Waals surface area contributed by atoms with Gasteiger partial charge in [0, 0.05) is 43.8 Å². The molecule has 0 unspecified atom stereocenters. The van der Waals surface area contributed by atoms with Crippen LogP contribution in [0.25, 0.3) is 0 Å². The van der Waals surface area contributed by atoms with E-state index in [0.717, 1.165) is 36.4 Å². The van der Waals surface area contributed by atoms with Gasteiger partial charge in [-0.1, -0.05) is 11.3 Å². The lowest BCUT2D eigenvalue weighted by atomic mass is 10.2. The number of hydrazine groups is 1. The number of unbranched alkanes of at least 4 members (excludes halogenated alkanes) is 1. The molecule has 5 N–H and O–H groups in total. The van der Waals surface area contributed by atoms with E-state index >= 15 is 0 Å². The number of pyridine rings is 1. The lowest BCUT2D eigenvalue weighted by Crippen LogP contribution is -2.27. The molecule has 12 heteroatoms. The Kier molecular flexibility index (Phi) is 7.91. The summed E-state index contributed by atoms with van der Waals surface area (Å²) in [5, 5.41) is 12.7. The smallest absolute Gasteiger partial charge is 0.401 e. The van der Waals surface area contributed by atoms with Gasteiger partial charge in [0.25, 0.3) is 5.91 Å². The van der Waals surface area contributed by atoms with Crippen LogP contribution in [0, 0.1) is 0 Å². The van der Waals surface area contributed by atoms with Gasteiger partial charge in [0.1, 0.15) is 5.01 Å². The van der Waals surface area contributed by atoms with Crippen LogP contribution in [-0.2, 0) is 19.1 Å². The highest BCUT2D eigenvalue weighted by Gasteiger charge is 2.31. The third-order valence-corrected chi connectivity index (χ3v) is 4.64. The Bertz CT molecular complexity index is 850. The fraction of sp³-hybridized carbons (Fsp3) is 0.412. The standard InChI is InChI=1S/C17H22F3N7OS/c1-11(21)10-27(22)5-3-2-4-14-25-26-16(29-14)15(28)24-8-12-6-13(9-23-7-12)17(18,19)20/h6-7,9-10H,2-5,8,21-22H2,1H3,(H,24,28)/b11-10-. The third-order valence-electron chi connectivity index (χ3n) is 3.66. The molecule has 8 nitrogen and oxygen atoms in total. The summed E-state index contributed by atoms with van der Waals surface area (Å²) in [7, 11) is 0. The van der Waals surface area contributed by atoms with E-state index in [1.807, 2.05) is 0 Å². The van der Waals surface area contributed by atoms with Gasteiger partial charge < -0.3 is 16.1 Å². The molecule has 2 rings (SSSR count). The Labute approximate surface area is 169 Å². The molecule has 2 heterocycles. The molecule has 0 spiro atoms. The predicted molar refractivity (Wildman–Crippen MR) is 102 cm³/mol. The first-order valence-electron chi connectivity index (χ1n) is 8.72. The molecule has 0 bridgehead atoms. The van der Waals surface area contributed by atoms with Crippen LogP contribution in [0.15, 0.2) is 30.4 Å². The maximum Gasteiger partial charge on any atom is 0.417 e. The molecule has 29 heavy (non-hydrogen) atoms. The van der Waals surface area contributed by atoms with E-state index in [4.69, 9.17) is 11.6 Å². The van der Waals surface area contributed by atoms with Gasteiger partial charge >= 0.3 is 6.18 Å². The zero-order valence-corrected chi connectivity index (χ0v) is 16.6. The van der Waals surface area contributed by atoms with Crippen LogP contribution >= 0.6 is 11.3 Å². The molecule has 0 aliphatic rings. The minimum absolute atomic E-state index is 0.0922. The average molecular weight is 429 g/mol. The second-order valence-electron chi connectivity index (χ2n) is 6.33. The van der Waals surface area contributed by atoms with Crippen LogP contribution in [0.3, 0.4) is 0 Å². The second-order valence-corrected chi connectivity index (χ2v) is 7.39. The highest BCUT2D eigenvalue weighted by atomic mass is 32.1. The summed E-state index contributed by atoms with van der Waals surface area (Å²) < 4.78 is 38.1. The number of hydrogen-bond donors (Lipinski definition) is 3. The van der Waals surface area contributed by atoms with Crippen molar-refractivity contribution in [2.45, 2.75) is 38.9 Å². The van der Waals surface area contributed by atoms with Crippen molar-refractivity contribution in [3.8, 4) is 0 Å². The second kappa shape index (κ2) is 10.2. The molecule has 0 fully saturated rings. The van der Waals surface area contributed by atoms with Crippen molar-refractivity contribution in [1.29, 1.82) is 0 Å². The SMILES string of the molecule is C/C(N)=C/N(N)CCCCc1nnc(C(=O)NCc2cncc(C(F)(F)F)c2)s1. The van der Waals surface area contributed by atoms with Crippen LogP contribution in [-0.4, -0.2) is 32.6 Å². The average Bonchev–Trinajstić information content (AvgIpc) is 3.11. The number of hydrogen-bond acceptors (Lipinski definition) is 8. The van der Waals surface area contributed by atoms with Crippen LogP contribution < -0.4 is 16.9 Å². The number of carbonyl (C=O) groups is 1. The summed E-state index contributed by atoms with van der Waals surface area (Å²) >= 11 is 1.15. The summed E-state index contributed by atoms with van der Waals surface area (Å²) in [5.41, 5.74) is 5.53. The largest absolute Gasteiger partial charge is 0.417 e. The number of allylic oxidation sites excluding steroid dienone is 1. The number of nitrogens with one attached hydrogen (secondary N) is 1. The summed E-state index contributed by atoms with van der Waals surface area (Å²) in [5.74, 6) is 5.25. The maximum atomic E-state index is 12.7. The van der Waals surface area contributed by atoms with Crippen LogP contribution in [0.5, 0.6) is 0 Å². The van der Waals surface area contributed by atoms with Gasteiger partial charge in [0.2, 0.25) is 5.01 Å². The van der Waals surface area contributed by atoms with Gasteiger partial charge in [-0.3, -0.25) is 9.78 Å². The minimum atomic E-state index is -4.48. The van der Waals surface area contributed by atoms with Crippen molar-refractivity contribution in [1.82, 2.24) is 25.5 Å². The van der Waals surface area contributed by atoms with Crippen LogP contribution in [0.2, 0.25) is 0 Å². The van der Waals surface area contributed by atoms with Crippen LogP contribution in [0.1, 0.15) is 45.7 Å². The Morgan fingerprint density at radius 2 is 2.07 bits per heavy atom. The zero-order chi connectivity index (χ0) is 21.4. The fourth-order valence-electron chi connectivity index (χ4n) is 2.34. The van der Waals surface area contributed by atoms with Crippen molar-refractivity contribution < 1.29 is 18.0 Å². The fourth-order valence-corrected chi connectivity index (χ4v) is 3.14. The molecule has 0 aromatic carbocycles. The lowest BCUT2D eigenvalue weighted by Gasteiger charge is -2.13. The Morgan fingerprint density at radius 3 is 2.76 bits per heavy atom. The van der Waals surface area contributed by atoms with E-state index in [-0.39, 0.29) is 17.1 Å². The molecule has 2 aromatic rings. The number of carbonyl (C=O) groups excluding carboxylic acids is 1. The Balaban J connectivity index is 1.80. The number of aromatic nitrogens is 3. The molecule has 0 saturated carbocycles. The highest BCUT2D eigenvalue weighted by Crippen LogP contribution is 2.28. The molecule has 0 aliphatic heterocycles. The molecule has 2 aromatic heterocycles. The van der Waals surface area contributed by atoms with E-state index in [1.54, 1.807) is 13.1 Å². The highest BCUT2D eigenvalue weighted by molar-refractivity contribution is 7.13. The van der Waals surface area contributed by atoms with Gasteiger partial charge in [0.05, 0.1) is 5.56 Å². The van der Waals surface area contributed by atoms with Crippen molar-refractivity contribution in [2.75, 3.05) is 6.54 Å². The Morgan fingerprint density at radius 1 is 1.31 bits per heavy atom. The number of nitrogens with two attached hydrogens (primary N) is 2. The molecule has 158 valence electrons. The number of halogens is 3.